The number of carbonyl (C=O) groups is 1. The quantitative estimate of drug-likeness (QED) is 0.266. The van der Waals surface area contributed by atoms with Gasteiger partial charge in [0.15, 0.2) is 5.78 Å². The van der Waals surface area contributed by atoms with Crippen molar-refractivity contribution in [3.05, 3.63) is 82.4 Å². The van der Waals surface area contributed by atoms with E-state index in [0.29, 0.717) is 34.4 Å². The van der Waals surface area contributed by atoms with Crippen molar-refractivity contribution in [2.45, 2.75) is 39.4 Å². The minimum absolute atomic E-state index is 0.0142. The predicted octanol–water partition coefficient (Wildman–Crippen LogP) is 4.09. The molecule has 1 aromatic heterocycles. The standard InChI is InChI=1S/C26H26N4O5/c1-3-4-20-23(12-10-19(15(2)31)25(20)34)35-14-16-5-7-17(8-6-16)24(33)18-9-11-22(32)21(13-18)26-27-29-30-28-26/h5-13,24,32-34H,3-4,14H2,1-2H3,(H,27,28,29,30). The smallest absolute Gasteiger partial charge is 0.208 e. The van der Waals surface area contributed by atoms with E-state index in [2.05, 4.69) is 20.6 Å². The minimum Gasteiger partial charge on any atom is -0.507 e. The lowest BCUT2D eigenvalue weighted by Gasteiger charge is -2.16. The van der Waals surface area contributed by atoms with Gasteiger partial charge in [0.2, 0.25) is 5.82 Å². The number of hydrogen-bond donors (Lipinski definition) is 4. The highest BCUT2D eigenvalue weighted by molar-refractivity contribution is 5.97. The number of nitrogens with one attached hydrogen (secondary N) is 1. The van der Waals surface area contributed by atoms with Crippen LogP contribution in [0.3, 0.4) is 0 Å². The molecule has 0 spiro atoms. The van der Waals surface area contributed by atoms with Crippen LogP contribution in [0.1, 0.15) is 59.0 Å². The maximum Gasteiger partial charge on any atom is 0.208 e. The van der Waals surface area contributed by atoms with Gasteiger partial charge in [0, 0.05) is 5.56 Å². The van der Waals surface area contributed by atoms with Gasteiger partial charge >= 0.3 is 0 Å². The summed E-state index contributed by atoms with van der Waals surface area (Å²) in [6.07, 6.45) is 0.457. The van der Waals surface area contributed by atoms with Crippen LogP contribution in [-0.4, -0.2) is 41.7 Å². The van der Waals surface area contributed by atoms with E-state index in [1.54, 1.807) is 36.4 Å². The Balaban J connectivity index is 1.49. The first-order valence-electron chi connectivity index (χ1n) is 11.2. The molecule has 0 aliphatic heterocycles. The van der Waals surface area contributed by atoms with Gasteiger partial charge in [0.1, 0.15) is 30.0 Å². The Bertz CT molecular complexity index is 1320. The van der Waals surface area contributed by atoms with E-state index in [0.717, 1.165) is 12.0 Å². The summed E-state index contributed by atoms with van der Waals surface area (Å²) in [7, 11) is 0. The highest BCUT2D eigenvalue weighted by atomic mass is 16.5. The van der Waals surface area contributed by atoms with Gasteiger partial charge in [0.25, 0.3) is 0 Å². The third-order valence-corrected chi connectivity index (χ3v) is 5.73. The number of ketones is 1. The van der Waals surface area contributed by atoms with Crippen LogP contribution in [0.4, 0.5) is 0 Å². The molecule has 1 atom stereocenters. The van der Waals surface area contributed by atoms with E-state index in [-0.39, 0.29) is 35.3 Å². The summed E-state index contributed by atoms with van der Waals surface area (Å²) in [5.74, 6) is 0.535. The van der Waals surface area contributed by atoms with Gasteiger partial charge in [-0.3, -0.25) is 4.79 Å². The van der Waals surface area contributed by atoms with Gasteiger partial charge in [-0.25, -0.2) is 0 Å². The van der Waals surface area contributed by atoms with Crippen molar-refractivity contribution >= 4 is 5.78 Å². The average Bonchev–Trinajstić information content (AvgIpc) is 3.39. The lowest BCUT2D eigenvalue weighted by Crippen LogP contribution is -2.03. The Morgan fingerprint density at radius 1 is 1.06 bits per heavy atom. The first-order chi connectivity index (χ1) is 16.9. The Kier molecular flexibility index (Phi) is 7.07. The number of phenols is 2. The van der Waals surface area contributed by atoms with E-state index in [1.165, 1.54) is 13.0 Å². The highest BCUT2D eigenvalue weighted by Gasteiger charge is 2.17. The summed E-state index contributed by atoms with van der Waals surface area (Å²) >= 11 is 0. The molecule has 4 aromatic rings. The fourth-order valence-electron chi connectivity index (χ4n) is 3.86. The number of aliphatic hydroxyl groups is 1. The second kappa shape index (κ2) is 10.4. The zero-order valence-electron chi connectivity index (χ0n) is 19.4. The monoisotopic (exact) mass is 474 g/mol. The number of Topliss-reactive ketones (excluding diaryl/α,β-unsaturated/α-hetero) is 1. The summed E-state index contributed by atoms with van der Waals surface area (Å²) in [6.45, 7) is 3.67. The van der Waals surface area contributed by atoms with Crippen molar-refractivity contribution in [3.8, 4) is 28.6 Å². The van der Waals surface area contributed by atoms with E-state index < -0.39 is 6.10 Å². The second-order valence-electron chi connectivity index (χ2n) is 8.19. The molecular weight excluding hydrogens is 448 g/mol. The van der Waals surface area contributed by atoms with Crippen molar-refractivity contribution in [2.24, 2.45) is 0 Å². The van der Waals surface area contributed by atoms with Gasteiger partial charge in [0.05, 0.1) is 11.1 Å². The molecule has 1 heterocycles. The number of H-pyrrole nitrogens is 1. The number of rotatable bonds is 9. The second-order valence-corrected chi connectivity index (χ2v) is 8.19. The maximum atomic E-state index is 11.8. The van der Waals surface area contributed by atoms with E-state index in [1.807, 2.05) is 19.1 Å². The van der Waals surface area contributed by atoms with Crippen molar-refractivity contribution in [1.29, 1.82) is 0 Å². The Morgan fingerprint density at radius 3 is 2.46 bits per heavy atom. The Morgan fingerprint density at radius 2 is 1.80 bits per heavy atom. The van der Waals surface area contributed by atoms with E-state index >= 15 is 0 Å². The molecule has 4 N–H and O–H groups in total. The molecule has 0 radical (unpaired) electrons. The number of phenolic OH excluding ortho intramolecular Hbond substituents is 2. The summed E-state index contributed by atoms with van der Waals surface area (Å²) in [6, 6.07) is 15.3. The summed E-state index contributed by atoms with van der Waals surface area (Å²) in [4.78, 5) is 11.8. The molecule has 0 amide bonds. The van der Waals surface area contributed by atoms with E-state index in [9.17, 15) is 20.1 Å². The number of aromatic nitrogens is 4. The van der Waals surface area contributed by atoms with Crippen molar-refractivity contribution in [3.63, 3.8) is 0 Å². The lowest BCUT2D eigenvalue weighted by molar-refractivity contribution is 0.101. The molecule has 1 unspecified atom stereocenters. The van der Waals surface area contributed by atoms with Gasteiger partial charge in [-0.2, -0.15) is 5.21 Å². The molecule has 0 aliphatic rings. The van der Waals surface area contributed by atoms with Gasteiger partial charge in [-0.15, -0.1) is 10.2 Å². The first-order valence-corrected chi connectivity index (χ1v) is 11.2. The fraction of sp³-hybridized carbons (Fsp3) is 0.231. The molecule has 35 heavy (non-hydrogen) atoms. The van der Waals surface area contributed by atoms with E-state index in [4.69, 9.17) is 4.74 Å². The van der Waals surface area contributed by atoms with Crippen LogP contribution >= 0.6 is 0 Å². The van der Waals surface area contributed by atoms with Crippen molar-refractivity contribution < 1.29 is 24.9 Å². The Hall–Kier alpha value is -4.24. The topological polar surface area (TPSA) is 141 Å². The van der Waals surface area contributed by atoms with Crippen LogP contribution < -0.4 is 4.74 Å². The number of aromatic hydroxyl groups is 2. The van der Waals surface area contributed by atoms with Crippen LogP contribution in [0, 0.1) is 0 Å². The molecule has 0 fully saturated rings. The fourth-order valence-corrected chi connectivity index (χ4v) is 3.86. The number of aromatic amines is 1. The third-order valence-electron chi connectivity index (χ3n) is 5.73. The maximum absolute atomic E-state index is 11.8. The summed E-state index contributed by atoms with van der Waals surface area (Å²) in [5, 5.41) is 45.1. The molecule has 0 saturated heterocycles. The normalized spacial score (nSPS) is 11.9. The molecular formula is C26H26N4O5. The largest absolute Gasteiger partial charge is 0.507 e. The SMILES string of the molecule is CCCc1c(OCc2ccc(C(O)c3ccc(O)c(-c4nn[nH]n4)c3)cc2)ccc(C(C)=O)c1O. The van der Waals surface area contributed by atoms with Crippen LogP contribution in [0.25, 0.3) is 11.4 Å². The lowest BCUT2D eigenvalue weighted by atomic mass is 9.98. The number of ether oxygens (including phenoxy) is 1. The van der Waals surface area contributed by atoms with Crippen molar-refractivity contribution in [1.82, 2.24) is 20.6 Å². The third kappa shape index (κ3) is 5.15. The number of nitrogens with zero attached hydrogens (tertiary/aromatic N) is 3. The molecule has 9 nitrogen and oxygen atoms in total. The van der Waals surface area contributed by atoms with Crippen LogP contribution in [0.15, 0.2) is 54.6 Å². The summed E-state index contributed by atoms with van der Waals surface area (Å²) < 4.78 is 5.96. The average molecular weight is 475 g/mol. The zero-order valence-corrected chi connectivity index (χ0v) is 19.4. The number of aliphatic hydroxyl groups excluding tert-OH is 1. The molecule has 4 rings (SSSR count). The van der Waals surface area contributed by atoms with Crippen LogP contribution in [-0.2, 0) is 13.0 Å². The highest BCUT2D eigenvalue weighted by Crippen LogP contribution is 2.34. The number of carbonyl (C=O) groups excluding carboxylic acids is 1. The number of benzene rings is 3. The van der Waals surface area contributed by atoms with Crippen LogP contribution in [0.5, 0.6) is 17.2 Å². The number of tetrazole rings is 1. The Labute approximate surface area is 202 Å². The van der Waals surface area contributed by atoms with Gasteiger partial charge < -0.3 is 20.1 Å². The molecule has 180 valence electrons. The molecule has 0 saturated carbocycles. The number of hydrogen-bond acceptors (Lipinski definition) is 8. The van der Waals surface area contributed by atoms with Gasteiger partial charge in [-0.1, -0.05) is 43.7 Å². The summed E-state index contributed by atoms with van der Waals surface area (Å²) in [5.41, 5.74) is 3.37. The molecule has 9 heteroatoms. The molecule has 0 aliphatic carbocycles. The zero-order chi connectivity index (χ0) is 24.9. The van der Waals surface area contributed by atoms with Gasteiger partial charge in [-0.05, 0) is 59.5 Å². The minimum atomic E-state index is -0.927. The predicted molar refractivity (Wildman–Crippen MR) is 128 cm³/mol. The molecule has 3 aromatic carbocycles. The van der Waals surface area contributed by atoms with Crippen LogP contribution in [0.2, 0.25) is 0 Å². The molecule has 0 bridgehead atoms. The van der Waals surface area contributed by atoms with Crippen molar-refractivity contribution in [2.75, 3.05) is 0 Å². The first kappa shape index (κ1) is 23.9.